The second-order valence-electron chi connectivity index (χ2n) is 2.28. The molecule has 0 saturated heterocycles. The Kier molecular flexibility index (Phi) is 5.41. The highest BCUT2D eigenvalue weighted by molar-refractivity contribution is 7.81. The summed E-state index contributed by atoms with van der Waals surface area (Å²) in [6.07, 6.45) is 3.56. The van der Waals surface area contributed by atoms with E-state index in [1.807, 2.05) is 6.92 Å². The Morgan fingerprint density at radius 2 is 1.91 bits per heavy atom. The summed E-state index contributed by atoms with van der Waals surface area (Å²) in [4.78, 5) is 0. The van der Waals surface area contributed by atoms with Crippen LogP contribution in [-0.2, 0) is 14.7 Å². The first kappa shape index (κ1) is 10.8. The van der Waals surface area contributed by atoms with Gasteiger partial charge in [0.2, 0.25) is 0 Å². The van der Waals surface area contributed by atoms with Crippen LogP contribution in [0.2, 0.25) is 0 Å². The van der Waals surface area contributed by atoms with E-state index in [0.717, 1.165) is 19.3 Å². The van der Waals surface area contributed by atoms with Crippen LogP contribution < -0.4 is 0 Å². The number of hydrogen-bond donors (Lipinski definition) is 0. The van der Waals surface area contributed by atoms with Gasteiger partial charge in [-0.05, 0) is 6.42 Å². The fourth-order valence-electron chi connectivity index (χ4n) is 0.687. The van der Waals surface area contributed by atoms with Crippen LogP contribution in [0.15, 0.2) is 0 Å². The quantitative estimate of drug-likeness (QED) is 0.467. The largest absolute Gasteiger partial charge is 0.437 e. The van der Waals surface area contributed by atoms with Crippen molar-refractivity contribution in [2.75, 3.05) is 6.61 Å². The lowest BCUT2D eigenvalue weighted by Crippen LogP contribution is -1.99. The molecule has 0 aromatic rings. The lowest BCUT2D eigenvalue weighted by molar-refractivity contribution is 0.285. The van der Waals surface area contributed by atoms with Gasteiger partial charge in [-0.15, -0.1) is 0 Å². The summed E-state index contributed by atoms with van der Waals surface area (Å²) >= 11 is 0. The maximum atomic E-state index is 11.6. The van der Waals surface area contributed by atoms with Crippen molar-refractivity contribution in [2.24, 2.45) is 0 Å². The second kappa shape index (κ2) is 5.49. The molecule has 0 saturated carbocycles. The van der Waals surface area contributed by atoms with Crippen molar-refractivity contribution in [2.45, 2.75) is 32.6 Å². The van der Waals surface area contributed by atoms with Crippen LogP contribution in [-0.4, -0.2) is 15.0 Å². The zero-order chi connectivity index (χ0) is 8.74. The summed E-state index contributed by atoms with van der Waals surface area (Å²) in [5.41, 5.74) is 0. The standard InChI is InChI=1S/C6H13FO3S/c1-2-3-4-5-6-10-11(7,8)9/h2-6H2,1H3. The van der Waals surface area contributed by atoms with Gasteiger partial charge in [-0.3, -0.25) is 0 Å². The lowest BCUT2D eigenvalue weighted by atomic mass is 10.2. The molecule has 0 atom stereocenters. The molecule has 0 aliphatic rings. The first-order valence-corrected chi connectivity index (χ1v) is 4.96. The molecule has 0 heterocycles. The Morgan fingerprint density at radius 3 is 2.36 bits per heavy atom. The maximum Gasteiger partial charge on any atom is 0.437 e. The molecule has 0 N–H and O–H groups in total. The van der Waals surface area contributed by atoms with Gasteiger partial charge in [-0.25, -0.2) is 4.18 Å². The van der Waals surface area contributed by atoms with E-state index in [2.05, 4.69) is 4.18 Å². The molecule has 0 rings (SSSR count). The second-order valence-corrected chi connectivity index (χ2v) is 3.30. The first-order chi connectivity index (χ1) is 5.06. The molecule has 0 spiro atoms. The lowest BCUT2D eigenvalue weighted by Gasteiger charge is -1.96. The fraction of sp³-hybridized carbons (Fsp3) is 1.00. The van der Waals surface area contributed by atoms with E-state index in [1.165, 1.54) is 0 Å². The van der Waals surface area contributed by atoms with Gasteiger partial charge < -0.3 is 0 Å². The molecule has 0 bridgehead atoms. The highest BCUT2D eigenvalue weighted by Gasteiger charge is 2.04. The minimum atomic E-state index is -4.71. The molecular formula is C6H13FO3S. The minimum Gasteiger partial charge on any atom is -0.245 e. The predicted octanol–water partition coefficient (Wildman–Crippen LogP) is 1.80. The van der Waals surface area contributed by atoms with E-state index in [0.29, 0.717) is 6.42 Å². The Balaban J connectivity index is 3.16. The highest BCUT2D eigenvalue weighted by Crippen LogP contribution is 2.01. The Hall–Kier alpha value is -0.160. The third-order valence-electron chi connectivity index (χ3n) is 1.22. The van der Waals surface area contributed by atoms with Crippen LogP contribution in [0.3, 0.4) is 0 Å². The van der Waals surface area contributed by atoms with Crippen LogP contribution in [0.5, 0.6) is 0 Å². The van der Waals surface area contributed by atoms with Crippen molar-refractivity contribution in [1.29, 1.82) is 0 Å². The zero-order valence-corrected chi connectivity index (χ0v) is 7.36. The number of unbranched alkanes of at least 4 members (excludes halogenated alkanes) is 3. The third kappa shape index (κ3) is 9.84. The summed E-state index contributed by atoms with van der Waals surface area (Å²) < 4.78 is 35.1. The van der Waals surface area contributed by atoms with Crippen molar-refractivity contribution in [1.82, 2.24) is 0 Å². The van der Waals surface area contributed by atoms with Crippen LogP contribution in [0, 0.1) is 0 Å². The molecule has 3 nitrogen and oxygen atoms in total. The van der Waals surface area contributed by atoms with Crippen molar-refractivity contribution in [3.8, 4) is 0 Å². The van der Waals surface area contributed by atoms with E-state index in [-0.39, 0.29) is 6.61 Å². The van der Waals surface area contributed by atoms with E-state index in [1.54, 1.807) is 0 Å². The summed E-state index contributed by atoms with van der Waals surface area (Å²) in [5.74, 6) is 0. The van der Waals surface area contributed by atoms with Gasteiger partial charge in [0.15, 0.2) is 0 Å². The van der Waals surface area contributed by atoms with E-state index in [9.17, 15) is 12.3 Å². The van der Waals surface area contributed by atoms with Gasteiger partial charge in [0.05, 0.1) is 6.61 Å². The van der Waals surface area contributed by atoms with Crippen LogP contribution in [0.25, 0.3) is 0 Å². The number of halogens is 1. The Labute approximate surface area is 67.0 Å². The predicted molar refractivity (Wildman–Crippen MR) is 40.1 cm³/mol. The van der Waals surface area contributed by atoms with E-state index >= 15 is 0 Å². The average Bonchev–Trinajstić information content (AvgIpc) is 1.85. The molecule has 0 aromatic heterocycles. The molecular weight excluding hydrogens is 171 g/mol. The third-order valence-corrected chi connectivity index (χ3v) is 1.67. The van der Waals surface area contributed by atoms with Gasteiger partial charge in [-0.2, -0.15) is 8.42 Å². The molecule has 0 aliphatic heterocycles. The molecule has 0 fully saturated rings. The molecule has 11 heavy (non-hydrogen) atoms. The SMILES string of the molecule is CCCCCCOS(=O)(=O)F. The van der Waals surface area contributed by atoms with E-state index < -0.39 is 10.5 Å². The molecule has 0 amide bonds. The van der Waals surface area contributed by atoms with Crippen LogP contribution in [0.1, 0.15) is 32.6 Å². The van der Waals surface area contributed by atoms with Gasteiger partial charge in [0.1, 0.15) is 0 Å². The molecule has 0 unspecified atom stereocenters. The van der Waals surface area contributed by atoms with Gasteiger partial charge in [-0.1, -0.05) is 30.1 Å². The summed E-state index contributed by atoms with van der Waals surface area (Å²) in [6.45, 7) is 1.99. The topological polar surface area (TPSA) is 43.4 Å². The van der Waals surface area contributed by atoms with Crippen LogP contribution in [0.4, 0.5) is 3.89 Å². The zero-order valence-electron chi connectivity index (χ0n) is 6.55. The van der Waals surface area contributed by atoms with E-state index in [4.69, 9.17) is 0 Å². The molecule has 5 heteroatoms. The highest BCUT2D eigenvalue weighted by atomic mass is 32.3. The van der Waals surface area contributed by atoms with Gasteiger partial charge in [0, 0.05) is 0 Å². The monoisotopic (exact) mass is 184 g/mol. The smallest absolute Gasteiger partial charge is 0.245 e. The Morgan fingerprint density at radius 1 is 1.27 bits per heavy atom. The van der Waals surface area contributed by atoms with Crippen molar-refractivity contribution < 1.29 is 16.5 Å². The minimum absolute atomic E-state index is 0.0428. The van der Waals surface area contributed by atoms with Crippen molar-refractivity contribution >= 4 is 10.5 Å². The van der Waals surface area contributed by atoms with Gasteiger partial charge >= 0.3 is 10.5 Å². The molecule has 0 aliphatic carbocycles. The van der Waals surface area contributed by atoms with Crippen molar-refractivity contribution in [3.05, 3.63) is 0 Å². The number of rotatable bonds is 6. The number of hydrogen-bond acceptors (Lipinski definition) is 3. The summed E-state index contributed by atoms with van der Waals surface area (Å²) in [7, 11) is -4.71. The fourth-order valence-corrected chi connectivity index (χ4v) is 1.00. The first-order valence-electron chi connectivity index (χ1n) is 3.65. The summed E-state index contributed by atoms with van der Waals surface area (Å²) in [5, 5.41) is 0. The average molecular weight is 184 g/mol. The van der Waals surface area contributed by atoms with Crippen LogP contribution >= 0.6 is 0 Å². The molecule has 0 radical (unpaired) electrons. The maximum absolute atomic E-state index is 11.6. The van der Waals surface area contributed by atoms with Gasteiger partial charge in [0.25, 0.3) is 0 Å². The Bertz CT molecular complexity index is 176. The molecule has 68 valence electrons. The molecule has 0 aromatic carbocycles. The van der Waals surface area contributed by atoms with Crippen molar-refractivity contribution in [3.63, 3.8) is 0 Å². The summed E-state index contributed by atoms with van der Waals surface area (Å²) in [6, 6.07) is 0. The normalized spacial score (nSPS) is 11.8.